The zero-order valence-electron chi connectivity index (χ0n) is 14.0. The normalized spacial score (nSPS) is 16.4. The highest BCUT2D eigenvalue weighted by atomic mass is 19.1. The van der Waals surface area contributed by atoms with Gasteiger partial charge < -0.3 is 10.2 Å². The topological polar surface area (TPSA) is 49.4 Å². The Morgan fingerprint density at radius 3 is 2.26 bits per heavy atom. The van der Waals surface area contributed by atoms with Gasteiger partial charge in [-0.2, -0.15) is 0 Å². The van der Waals surface area contributed by atoms with Crippen molar-refractivity contribution in [3.05, 3.63) is 35.6 Å². The first-order valence-electron chi connectivity index (χ1n) is 8.23. The lowest BCUT2D eigenvalue weighted by molar-refractivity contribution is -0.135. The molecule has 23 heavy (non-hydrogen) atoms. The van der Waals surface area contributed by atoms with E-state index in [-0.39, 0.29) is 29.6 Å². The van der Waals surface area contributed by atoms with Gasteiger partial charge in [0.15, 0.2) is 0 Å². The number of amides is 2. The summed E-state index contributed by atoms with van der Waals surface area (Å²) in [5.74, 6) is -0.811. The molecule has 1 aliphatic carbocycles. The molecule has 1 N–H and O–H groups in total. The first-order valence-corrected chi connectivity index (χ1v) is 8.23. The zero-order valence-corrected chi connectivity index (χ0v) is 14.0. The van der Waals surface area contributed by atoms with Crippen LogP contribution in [-0.2, 0) is 4.79 Å². The molecule has 0 radical (unpaired) electrons. The number of hydrogen-bond donors (Lipinski definition) is 1. The summed E-state index contributed by atoms with van der Waals surface area (Å²) < 4.78 is 13.0. The molecule has 1 aromatic rings. The van der Waals surface area contributed by atoms with Crippen LogP contribution in [0, 0.1) is 11.7 Å². The molecule has 1 atom stereocenters. The van der Waals surface area contributed by atoms with Gasteiger partial charge in [0.1, 0.15) is 11.9 Å². The molecule has 1 saturated carbocycles. The standard InChI is InChI=1S/C18H25FN2O2/c1-12(2)16(18(23)21(3)15-6-4-5-7-15)20-17(22)13-8-10-14(19)11-9-13/h8-12,15-16H,4-7H2,1-3H3,(H,20,22). The predicted octanol–water partition coefficient (Wildman–Crippen LogP) is 2.98. The molecule has 1 fully saturated rings. The number of benzene rings is 1. The molecular weight excluding hydrogens is 295 g/mol. The van der Waals surface area contributed by atoms with E-state index in [1.807, 2.05) is 20.9 Å². The maximum absolute atomic E-state index is 13.0. The molecule has 1 aromatic carbocycles. The molecule has 0 aliphatic heterocycles. The van der Waals surface area contributed by atoms with Crippen LogP contribution < -0.4 is 5.32 Å². The van der Waals surface area contributed by atoms with Crippen LogP contribution in [0.4, 0.5) is 4.39 Å². The number of hydrogen-bond acceptors (Lipinski definition) is 2. The summed E-state index contributed by atoms with van der Waals surface area (Å²) in [5.41, 5.74) is 0.355. The highest BCUT2D eigenvalue weighted by molar-refractivity contribution is 5.97. The third-order valence-corrected chi connectivity index (χ3v) is 4.55. The van der Waals surface area contributed by atoms with Gasteiger partial charge in [-0.25, -0.2) is 4.39 Å². The van der Waals surface area contributed by atoms with Crippen molar-refractivity contribution in [2.24, 2.45) is 5.92 Å². The summed E-state index contributed by atoms with van der Waals surface area (Å²) in [6, 6.07) is 5.03. The highest BCUT2D eigenvalue weighted by Gasteiger charge is 2.31. The van der Waals surface area contributed by atoms with Crippen molar-refractivity contribution in [2.45, 2.75) is 51.6 Å². The average molecular weight is 320 g/mol. The van der Waals surface area contributed by atoms with Gasteiger partial charge in [0.2, 0.25) is 5.91 Å². The summed E-state index contributed by atoms with van der Waals surface area (Å²) in [5, 5.41) is 2.80. The van der Waals surface area contributed by atoms with Crippen molar-refractivity contribution in [3.63, 3.8) is 0 Å². The first-order chi connectivity index (χ1) is 10.9. The van der Waals surface area contributed by atoms with E-state index < -0.39 is 6.04 Å². The molecule has 0 bridgehead atoms. The maximum atomic E-state index is 13.0. The van der Waals surface area contributed by atoms with Crippen LogP contribution in [0.15, 0.2) is 24.3 Å². The SMILES string of the molecule is CC(C)C(NC(=O)c1ccc(F)cc1)C(=O)N(C)C1CCCC1. The number of halogens is 1. The Morgan fingerprint density at radius 1 is 1.17 bits per heavy atom. The van der Waals surface area contributed by atoms with Crippen molar-refractivity contribution in [3.8, 4) is 0 Å². The molecule has 2 rings (SSSR count). The van der Waals surface area contributed by atoms with Gasteiger partial charge in [-0.05, 0) is 43.0 Å². The molecule has 1 unspecified atom stereocenters. The van der Waals surface area contributed by atoms with E-state index in [2.05, 4.69) is 5.32 Å². The summed E-state index contributed by atoms with van der Waals surface area (Å²) in [6.07, 6.45) is 4.35. The van der Waals surface area contributed by atoms with Gasteiger partial charge in [-0.3, -0.25) is 9.59 Å². The Hall–Kier alpha value is -1.91. The number of carbonyl (C=O) groups excluding carboxylic acids is 2. The van der Waals surface area contributed by atoms with E-state index in [1.165, 1.54) is 24.3 Å². The molecule has 1 aliphatic rings. The van der Waals surface area contributed by atoms with E-state index in [0.29, 0.717) is 5.56 Å². The van der Waals surface area contributed by atoms with E-state index in [1.54, 1.807) is 4.90 Å². The summed E-state index contributed by atoms with van der Waals surface area (Å²) in [6.45, 7) is 3.83. The van der Waals surface area contributed by atoms with Crippen LogP contribution in [0.25, 0.3) is 0 Å². The fraction of sp³-hybridized carbons (Fsp3) is 0.556. The second kappa shape index (κ2) is 7.57. The highest BCUT2D eigenvalue weighted by Crippen LogP contribution is 2.23. The van der Waals surface area contributed by atoms with E-state index in [0.717, 1.165) is 25.7 Å². The summed E-state index contributed by atoms with van der Waals surface area (Å²) in [7, 11) is 1.82. The Kier molecular flexibility index (Phi) is 5.74. The first kappa shape index (κ1) is 17.4. The maximum Gasteiger partial charge on any atom is 0.251 e. The Balaban J connectivity index is 2.06. The molecule has 126 valence electrons. The van der Waals surface area contributed by atoms with Crippen molar-refractivity contribution < 1.29 is 14.0 Å². The Labute approximate surface area is 137 Å². The summed E-state index contributed by atoms with van der Waals surface area (Å²) >= 11 is 0. The van der Waals surface area contributed by atoms with Crippen LogP contribution in [0.1, 0.15) is 49.9 Å². The number of carbonyl (C=O) groups is 2. The van der Waals surface area contributed by atoms with Crippen molar-refractivity contribution >= 4 is 11.8 Å². The summed E-state index contributed by atoms with van der Waals surface area (Å²) in [4.78, 5) is 26.8. The molecule has 5 heteroatoms. The van der Waals surface area contributed by atoms with Gasteiger partial charge in [-0.15, -0.1) is 0 Å². The van der Waals surface area contributed by atoms with Crippen LogP contribution in [-0.4, -0.2) is 35.8 Å². The monoisotopic (exact) mass is 320 g/mol. The van der Waals surface area contributed by atoms with E-state index in [9.17, 15) is 14.0 Å². The molecule has 0 spiro atoms. The predicted molar refractivity (Wildman–Crippen MR) is 87.5 cm³/mol. The van der Waals surface area contributed by atoms with Gasteiger partial charge >= 0.3 is 0 Å². The lowest BCUT2D eigenvalue weighted by atomic mass is 10.0. The molecular formula is C18H25FN2O2. The molecule has 0 aromatic heterocycles. The quantitative estimate of drug-likeness (QED) is 0.907. The van der Waals surface area contributed by atoms with Gasteiger partial charge in [0.05, 0.1) is 0 Å². The fourth-order valence-corrected chi connectivity index (χ4v) is 3.03. The van der Waals surface area contributed by atoms with Crippen LogP contribution >= 0.6 is 0 Å². The third kappa shape index (κ3) is 4.30. The smallest absolute Gasteiger partial charge is 0.251 e. The number of nitrogens with zero attached hydrogens (tertiary/aromatic N) is 1. The minimum Gasteiger partial charge on any atom is -0.341 e. The van der Waals surface area contributed by atoms with Gasteiger partial charge in [-0.1, -0.05) is 26.7 Å². The second-order valence-corrected chi connectivity index (χ2v) is 6.59. The number of likely N-dealkylation sites (N-methyl/N-ethyl adjacent to an activating group) is 1. The third-order valence-electron chi connectivity index (χ3n) is 4.55. The lowest BCUT2D eigenvalue weighted by Crippen LogP contribution is -2.52. The van der Waals surface area contributed by atoms with E-state index >= 15 is 0 Å². The van der Waals surface area contributed by atoms with Crippen LogP contribution in [0.2, 0.25) is 0 Å². The van der Waals surface area contributed by atoms with Crippen LogP contribution in [0.5, 0.6) is 0 Å². The minimum absolute atomic E-state index is 0.0178. The van der Waals surface area contributed by atoms with Gasteiger partial charge in [0, 0.05) is 18.7 Å². The second-order valence-electron chi connectivity index (χ2n) is 6.59. The van der Waals surface area contributed by atoms with E-state index in [4.69, 9.17) is 0 Å². The fourth-order valence-electron chi connectivity index (χ4n) is 3.03. The lowest BCUT2D eigenvalue weighted by Gasteiger charge is -2.31. The molecule has 4 nitrogen and oxygen atoms in total. The molecule has 2 amide bonds. The van der Waals surface area contributed by atoms with Crippen molar-refractivity contribution in [2.75, 3.05) is 7.05 Å². The molecule has 0 saturated heterocycles. The van der Waals surface area contributed by atoms with Crippen LogP contribution in [0.3, 0.4) is 0 Å². The van der Waals surface area contributed by atoms with Gasteiger partial charge in [0.25, 0.3) is 5.91 Å². The number of nitrogens with one attached hydrogen (secondary N) is 1. The number of rotatable bonds is 5. The zero-order chi connectivity index (χ0) is 17.0. The van der Waals surface area contributed by atoms with Crippen molar-refractivity contribution in [1.29, 1.82) is 0 Å². The Morgan fingerprint density at radius 2 is 1.74 bits per heavy atom. The molecule has 0 heterocycles. The average Bonchev–Trinajstić information content (AvgIpc) is 3.05. The minimum atomic E-state index is -0.571. The largest absolute Gasteiger partial charge is 0.341 e. The van der Waals surface area contributed by atoms with Crippen molar-refractivity contribution in [1.82, 2.24) is 10.2 Å². The Bertz CT molecular complexity index is 551.